The summed E-state index contributed by atoms with van der Waals surface area (Å²) in [7, 11) is -1.95. The van der Waals surface area contributed by atoms with E-state index < -0.39 is 7.26 Å². The number of rotatable bonds is 24. The second-order valence-electron chi connectivity index (χ2n) is 16.1. The van der Waals surface area contributed by atoms with Crippen LogP contribution in [0.1, 0.15) is 131 Å². The Balaban J connectivity index is 1.27. The van der Waals surface area contributed by atoms with Gasteiger partial charge in [0.1, 0.15) is 29.3 Å². The third-order valence-electron chi connectivity index (χ3n) is 11.3. The molecule has 0 spiro atoms. The summed E-state index contributed by atoms with van der Waals surface area (Å²) in [6.07, 6.45) is 31.0. The number of ketones is 1. The van der Waals surface area contributed by atoms with Crippen LogP contribution in [0.5, 0.6) is 0 Å². The topological polar surface area (TPSA) is 26.3 Å². The molecule has 0 heterocycles. The summed E-state index contributed by atoms with van der Waals surface area (Å²) in [5.74, 6) is 0.155. The summed E-state index contributed by atoms with van der Waals surface area (Å²) >= 11 is 0. The van der Waals surface area contributed by atoms with Crippen molar-refractivity contribution in [2.75, 3.05) is 12.8 Å². The average molecular weight is 746 g/mol. The SMILES string of the molecule is CCCCCCCC/C=C\CCCCCCCCO[C@H]1CC(C)(C)C(/C=C/C(C)=C/C[P+](c2ccccc2)(c2ccccc2)c2ccccc2)=C(C)C1=O. The first-order valence-electron chi connectivity index (χ1n) is 21.2. The maximum Gasteiger partial charge on any atom is 0.187 e. The predicted molar refractivity (Wildman–Crippen MR) is 238 cm³/mol. The van der Waals surface area contributed by atoms with E-state index in [9.17, 15) is 4.79 Å². The van der Waals surface area contributed by atoms with E-state index in [0.717, 1.165) is 30.1 Å². The van der Waals surface area contributed by atoms with Crippen LogP contribution in [0, 0.1) is 5.41 Å². The first-order valence-corrected chi connectivity index (χ1v) is 23.2. The summed E-state index contributed by atoms with van der Waals surface area (Å²) < 4.78 is 6.27. The molecule has 54 heavy (non-hydrogen) atoms. The number of carbonyl (C=O) groups excluding carboxylic acids is 1. The van der Waals surface area contributed by atoms with E-state index in [-0.39, 0.29) is 17.3 Å². The van der Waals surface area contributed by atoms with Crippen LogP contribution in [-0.4, -0.2) is 24.7 Å². The zero-order valence-corrected chi connectivity index (χ0v) is 35.3. The molecule has 0 fully saturated rings. The molecule has 0 bridgehead atoms. The number of hydrogen-bond donors (Lipinski definition) is 0. The van der Waals surface area contributed by atoms with Gasteiger partial charge in [0.25, 0.3) is 0 Å². The van der Waals surface area contributed by atoms with Gasteiger partial charge in [-0.2, -0.15) is 0 Å². The van der Waals surface area contributed by atoms with Crippen LogP contribution < -0.4 is 15.9 Å². The third kappa shape index (κ3) is 13.2. The minimum atomic E-state index is -1.95. The van der Waals surface area contributed by atoms with Crippen molar-refractivity contribution in [2.24, 2.45) is 5.41 Å². The van der Waals surface area contributed by atoms with Crippen LogP contribution >= 0.6 is 7.26 Å². The van der Waals surface area contributed by atoms with Crippen molar-refractivity contribution >= 4 is 29.0 Å². The predicted octanol–water partition coefficient (Wildman–Crippen LogP) is 13.2. The Morgan fingerprint density at radius 1 is 0.704 bits per heavy atom. The van der Waals surface area contributed by atoms with Gasteiger partial charge in [-0.3, -0.25) is 4.79 Å². The Labute approximate surface area is 330 Å². The van der Waals surface area contributed by atoms with E-state index >= 15 is 0 Å². The zero-order chi connectivity index (χ0) is 38.5. The summed E-state index contributed by atoms with van der Waals surface area (Å²) in [5.41, 5.74) is 3.05. The van der Waals surface area contributed by atoms with Gasteiger partial charge in [-0.05, 0) is 111 Å². The Morgan fingerprint density at radius 2 is 1.17 bits per heavy atom. The number of carbonyl (C=O) groups is 1. The molecular weight excluding hydrogens is 676 g/mol. The molecule has 0 saturated carbocycles. The van der Waals surface area contributed by atoms with E-state index in [0.29, 0.717) is 6.61 Å². The van der Waals surface area contributed by atoms with Gasteiger partial charge in [0.2, 0.25) is 0 Å². The van der Waals surface area contributed by atoms with Crippen LogP contribution in [0.25, 0.3) is 0 Å². The molecule has 0 radical (unpaired) electrons. The highest BCUT2D eigenvalue weighted by molar-refractivity contribution is 7.95. The van der Waals surface area contributed by atoms with Gasteiger partial charge in [0, 0.05) is 6.61 Å². The third-order valence-corrected chi connectivity index (χ3v) is 15.5. The van der Waals surface area contributed by atoms with Crippen LogP contribution in [-0.2, 0) is 9.53 Å². The molecule has 0 amide bonds. The molecule has 1 aliphatic rings. The number of Topliss-reactive ketones (excluding diaryl/α,β-unsaturated/α-hetero) is 1. The molecule has 2 nitrogen and oxygen atoms in total. The van der Waals surface area contributed by atoms with Gasteiger partial charge in [-0.25, -0.2) is 0 Å². The number of benzene rings is 3. The zero-order valence-electron chi connectivity index (χ0n) is 34.4. The highest BCUT2D eigenvalue weighted by atomic mass is 31.2. The van der Waals surface area contributed by atoms with E-state index in [2.05, 4.69) is 149 Å². The lowest BCUT2D eigenvalue weighted by Crippen LogP contribution is -2.38. The van der Waals surface area contributed by atoms with Crippen molar-refractivity contribution < 1.29 is 9.53 Å². The van der Waals surface area contributed by atoms with Crippen LogP contribution in [0.4, 0.5) is 0 Å². The van der Waals surface area contributed by atoms with Crippen molar-refractivity contribution in [1.82, 2.24) is 0 Å². The molecule has 0 saturated heterocycles. The van der Waals surface area contributed by atoms with Gasteiger partial charge >= 0.3 is 0 Å². The highest BCUT2D eigenvalue weighted by Gasteiger charge is 2.44. The monoisotopic (exact) mass is 746 g/mol. The largest absolute Gasteiger partial charge is 0.370 e. The molecule has 0 unspecified atom stereocenters. The lowest BCUT2D eigenvalue weighted by Gasteiger charge is -2.36. The average Bonchev–Trinajstić information content (AvgIpc) is 3.19. The highest BCUT2D eigenvalue weighted by Crippen LogP contribution is 2.55. The van der Waals surface area contributed by atoms with Crippen molar-refractivity contribution in [3.05, 3.63) is 138 Å². The molecule has 0 N–H and O–H groups in total. The standard InChI is InChI=1S/C51H70O2P/c1-6-7-8-9-10-11-12-13-14-15-16-17-18-19-20-30-40-53-49-42-51(4,5)48(44(3)50(49)52)38-37-43(2)39-41-54(45-31-24-21-25-32-45,46-33-26-22-27-34-46)47-35-28-23-29-36-47/h13-14,21-29,31-39,49H,6-12,15-20,30,40-42H2,1-5H3/q+1/b14-13-,38-37+,43-39+/t49-/m0/s1. The summed E-state index contributed by atoms with van der Waals surface area (Å²) in [6.45, 7) is 11.7. The molecule has 4 rings (SSSR count). The second kappa shape index (κ2) is 23.6. The maximum absolute atomic E-state index is 13.6. The smallest absolute Gasteiger partial charge is 0.187 e. The van der Waals surface area contributed by atoms with Gasteiger partial charge < -0.3 is 4.74 Å². The Bertz CT molecular complexity index is 1530. The Hall–Kier alpha value is -3.32. The van der Waals surface area contributed by atoms with Gasteiger partial charge in [0.05, 0.1) is 6.16 Å². The number of allylic oxidation sites excluding steroid dienone is 7. The van der Waals surface area contributed by atoms with Gasteiger partial charge in [0.15, 0.2) is 5.78 Å². The molecule has 0 aromatic heterocycles. The molecule has 290 valence electrons. The van der Waals surface area contributed by atoms with E-state index in [1.54, 1.807) is 0 Å². The molecule has 1 atom stereocenters. The van der Waals surface area contributed by atoms with Crippen molar-refractivity contribution in [1.29, 1.82) is 0 Å². The maximum atomic E-state index is 13.6. The summed E-state index contributed by atoms with van der Waals surface area (Å²) in [4.78, 5) is 13.6. The fourth-order valence-electron chi connectivity index (χ4n) is 7.98. The summed E-state index contributed by atoms with van der Waals surface area (Å²) in [5, 5.41) is 4.16. The first-order chi connectivity index (χ1) is 26.3. The fourth-order valence-corrected chi connectivity index (χ4v) is 12.1. The van der Waals surface area contributed by atoms with Crippen molar-refractivity contribution in [2.45, 2.75) is 137 Å². The Kier molecular flexibility index (Phi) is 18.9. The van der Waals surface area contributed by atoms with Crippen molar-refractivity contribution in [3.8, 4) is 0 Å². The van der Waals surface area contributed by atoms with Crippen LogP contribution in [0.3, 0.4) is 0 Å². The van der Waals surface area contributed by atoms with Crippen molar-refractivity contribution in [3.63, 3.8) is 0 Å². The lowest BCUT2D eigenvalue weighted by atomic mass is 9.71. The first kappa shape index (κ1) is 43.4. The number of unbranched alkanes of at least 4 members (excludes halogenated alkanes) is 12. The second-order valence-corrected chi connectivity index (χ2v) is 19.6. The minimum Gasteiger partial charge on any atom is -0.370 e. The minimum absolute atomic E-state index is 0.141. The molecule has 3 heteroatoms. The van der Waals surface area contributed by atoms with Crippen LogP contribution in [0.15, 0.2) is 138 Å². The quantitative estimate of drug-likeness (QED) is 0.0395. The number of ether oxygens (including phenoxy) is 1. The number of hydrogen-bond acceptors (Lipinski definition) is 2. The van der Waals surface area contributed by atoms with Gasteiger partial charge in [-0.1, -0.05) is 163 Å². The normalized spacial score (nSPS) is 16.6. The molecule has 0 aliphatic heterocycles. The molecule has 3 aromatic carbocycles. The molecule has 3 aromatic rings. The van der Waals surface area contributed by atoms with E-state index in [1.807, 2.05) is 6.92 Å². The fraction of sp³-hybridized carbons (Fsp3) is 0.471. The van der Waals surface area contributed by atoms with E-state index in [4.69, 9.17) is 4.74 Å². The molecular formula is C51H70O2P+. The van der Waals surface area contributed by atoms with Gasteiger partial charge in [-0.15, -0.1) is 0 Å². The summed E-state index contributed by atoms with van der Waals surface area (Å²) in [6, 6.07) is 33.1. The van der Waals surface area contributed by atoms with E-state index in [1.165, 1.54) is 105 Å². The molecule has 1 aliphatic carbocycles. The Morgan fingerprint density at radius 3 is 1.67 bits per heavy atom. The lowest BCUT2D eigenvalue weighted by molar-refractivity contribution is -0.129. The van der Waals surface area contributed by atoms with Crippen LogP contribution in [0.2, 0.25) is 0 Å².